The van der Waals surface area contributed by atoms with Crippen LogP contribution in [-0.2, 0) is 0 Å². The first-order valence-corrected chi connectivity index (χ1v) is 8.05. The fraction of sp³-hybridized carbons (Fsp3) is 1.00. The molecular formula is C17H32. The third-order valence-electron chi connectivity index (χ3n) is 5.58. The minimum absolute atomic E-state index is 0.650. The quantitative estimate of drug-likeness (QED) is 0.580. The molecule has 0 aromatic carbocycles. The minimum Gasteiger partial charge on any atom is -0.0625 e. The fourth-order valence-electron chi connectivity index (χ4n) is 3.84. The summed E-state index contributed by atoms with van der Waals surface area (Å²) in [4.78, 5) is 0. The molecule has 0 amide bonds. The van der Waals surface area contributed by atoms with E-state index in [-0.39, 0.29) is 0 Å². The van der Waals surface area contributed by atoms with Gasteiger partial charge in [-0.3, -0.25) is 0 Å². The van der Waals surface area contributed by atoms with Gasteiger partial charge in [0.25, 0.3) is 0 Å². The molecule has 2 aliphatic carbocycles. The maximum atomic E-state index is 2.45. The minimum atomic E-state index is 0.650. The Kier molecular flexibility index (Phi) is 4.55. The summed E-state index contributed by atoms with van der Waals surface area (Å²) in [6.45, 7) is 7.33. The molecule has 100 valence electrons. The average Bonchev–Trinajstić information content (AvgIpc) is 2.30. The van der Waals surface area contributed by atoms with Crippen LogP contribution in [0.3, 0.4) is 0 Å². The first kappa shape index (κ1) is 13.4. The second-order valence-electron chi connectivity index (χ2n) is 7.81. The summed E-state index contributed by atoms with van der Waals surface area (Å²) in [5, 5.41) is 0. The zero-order valence-electron chi connectivity index (χ0n) is 12.3. The van der Waals surface area contributed by atoms with E-state index in [4.69, 9.17) is 0 Å². The molecule has 0 radical (unpaired) electrons. The van der Waals surface area contributed by atoms with Crippen molar-refractivity contribution in [2.24, 2.45) is 23.2 Å². The molecule has 0 aromatic heterocycles. The Bertz CT molecular complexity index is 210. The van der Waals surface area contributed by atoms with E-state index in [9.17, 15) is 0 Å². The van der Waals surface area contributed by atoms with Crippen LogP contribution in [0, 0.1) is 23.2 Å². The SMILES string of the molecule is CC1CCC(CCC2CCC(C)(C)CC2)CC1. The van der Waals surface area contributed by atoms with Gasteiger partial charge in [-0.15, -0.1) is 0 Å². The Morgan fingerprint density at radius 3 is 1.76 bits per heavy atom. The Labute approximate surface area is 109 Å². The summed E-state index contributed by atoms with van der Waals surface area (Å²) in [5.41, 5.74) is 0.650. The summed E-state index contributed by atoms with van der Waals surface area (Å²) >= 11 is 0. The Hall–Kier alpha value is 0. The van der Waals surface area contributed by atoms with Crippen molar-refractivity contribution in [3.8, 4) is 0 Å². The van der Waals surface area contributed by atoms with Crippen LogP contribution in [0.5, 0.6) is 0 Å². The molecule has 0 nitrogen and oxygen atoms in total. The van der Waals surface area contributed by atoms with Crippen molar-refractivity contribution in [3.63, 3.8) is 0 Å². The van der Waals surface area contributed by atoms with Gasteiger partial charge in [0, 0.05) is 0 Å². The van der Waals surface area contributed by atoms with Gasteiger partial charge in [0.1, 0.15) is 0 Å². The van der Waals surface area contributed by atoms with Gasteiger partial charge in [-0.05, 0) is 48.9 Å². The van der Waals surface area contributed by atoms with Crippen LogP contribution in [-0.4, -0.2) is 0 Å². The van der Waals surface area contributed by atoms with Crippen LogP contribution >= 0.6 is 0 Å². The number of hydrogen-bond donors (Lipinski definition) is 0. The van der Waals surface area contributed by atoms with Crippen LogP contribution in [0.25, 0.3) is 0 Å². The molecule has 0 heterocycles. The van der Waals surface area contributed by atoms with Crippen LogP contribution in [0.2, 0.25) is 0 Å². The van der Waals surface area contributed by atoms with Crippen molar-refractivity contribution in [2.75, 3.05) is 0 Å². The second kappa shape index (κ2) is 5.76. The molecule has 0 heteroatoms. The average molecular weight is 236 g/mol. The molecular weight excluding hydrogens is 204 g/mol. The third kappa shape index (κ3) is 4.30. The topological polar surface area (TPSA) is 0 Å². The van der Waals surface area contributed by atoms with Gasteiger partial charge in [0.05, 0.1) is 0 Å². The highest BCUT2D eigenvalue weighted by Crippen LogP contribution is 2.41. The van der Waals surface area contributed by atoms with E-state index in [0.717, 1.165) is 17.8 Å². The van der Waals surface area contributed by atoms with Gasteiger partial charge in [-0.25, -0.2) is 0 Å². The first-order chi connectivity index (χ1) is 8.05. The zero-order valence-corrected chi connectivity index (χ0v) is 12.3. The molecule has 0 N–H and O–H groups in total. The summed E-state index contributed by atoms with van der Waals surface area (Å²) < 4.78 is 0. The molecule has 0 atom stereocenters. The van der Waals surface area contributed by atoms with Gasteiger partial charge in [0.15, 0.2) is 0 Å². The smallest absolute Gasteiger partial charge is 0.0354 e. The molecule has 2 fully saturated rings. The van der Waals surface area contributed by atoms with E-state index in [1.54, 1.807) is 0 Å². The maximum absolute atomic E-state index is 2.45. The molecule has 0 unspecified atom stereocenters. The molecule has 0 saturated heterocycles. The van der Waals surface area contributed by atoms with Gasteiger partial charge in [-0.1, -0.05) is 59.3 Å². The Morgan fingerprint density at radius 2 is 1.24 bits per heavy atom. The lowest BCUT2D eigenvalue weighted by molar-refractivity contribution is 0.171. The molecule has 2 rings (SSSR count). The molecule has 0 aromatic rings. The first-order valence-electron chi connectivity index (χ1n) is 8.05. The lowest BCUT2D eigenvalue weighted by atomic mass is 9.71. The van der Waals surface area contributed by atoms with E-state index in [1.807, 2.05) is 0 Å². The normalized spacial score (nSPS) is 34.8. The third-order valence-corrected chi connectivity index (χ3v) is 5.58. The lowest BCUT2D eigenvalue weighted by Gasteiger charge is -2.35. The highest BCUT2D eigenvalue weighted by molar-refractivity contribution is 4.79. The van der Waals surface area contributed by atoms with E-state index < -0.39 is 0 Å². The van der Waals surface area contributed by atoms with Gasteiger partial charge in [-0.2, -0.15) is 0 Å². The largest absolute Gasteiger partial charge is 0.0625 e. The Morgan fingerprint density at radius 1 is 0.765 bits per heavy atom. The predicted molar refractivity (Wildman–Crippen MR) is 76.1 cm³/mol. The number of hydrogen-bond acceptors (Lipinski definition) is 0. The Balaban J connectivity index is 1.63. The summed E-state index contributed by atoms with van der Waals surface area (Å²) in [6.07, 6.45) is 15.1. The van der Waals surface area contributed by atoms with Gasteiger partial charge >= 0.3 is 0 Å². The highest BCUT2D eigenvalue weighted by Gasteiger charge is 2.27. The lowest BCUT2D eigenvalue weighted by Crippen LogP contribution is -2.22. The van der Waals surface area contributed by atoms with Crippen molar-refractivity contribution < 1.29 is 0 Å². The van der Waals surface area contributed by atoms with Crippen molar-refractivity contribution in [1.82, 2.24) is 0 Å². The molecule has 17 heavy (non-hydrogen) atoms. The maximum Gasteiger partial charge on any atom is -0.0354 e. The summed E-state index contributed by atoms with van der Waals surface area (Å²) in [5.74, 6) is 3.17. The predicted octanol–water partition coefficient (Wildman–Crippen LogP) is 5.81. The summed E-state index contributed by atoms with van der Waals surface area (Å²) in [6, 6.07) is 0. The second-order valence-corrected chi connectivity index (χ2v) is 7.81. The van der Waals surface area contributed by atoms with Crippen LogP contribution in [0.15, 0.2) is 0 Å². The van der Waals surface area contributed by atoms with E-state index in [0.29, 0.717) is 5.41 Å². The number of rotatable bonds is 3. The van der Waals surface area contributed by atoms with Crippen molar-refractivity contribution in [2.45, 2.75) is 85.0 Å². The van der Waals surface area contributed by atoms with Crippen LogP contribution in [0.1, 0.15) is 85.0 Å². The van der Waals surface area contributed by atoms with Gasteiger partial charge in [0.2, 0.25) is 0 Å². The zero-order chi connectivity index (χ0) is 12.3. The molecule has 2 aliphatic rings. The summed E-state index contributed by atoms with van der Waals surface area (Å²) in [7, 11) is 0. The highest BCUT2D eigenvalue weighted by atomic mass is 14.3. The van der Waals surface area contributed by atoms with E-state index in [2.05, 4.69) is 20.8 Å². The molecule has 0 aliphatic heterocycles. The van der Waals surface area contributed by atoms with Crippen molar-refractivity contribution in [3.05, 3.63) is 0 Å². The molecule has 0 bridgehead atoms. The molecule has 0 spiro atoms. The van der Waals surface area contributed by atoms with Crippen LogP contribution < -0.4 is 0 Å². The van der Waals surface area contributed by atoms with Gasteiger partial charge < -0.3 is 0 Å². The van der Waals surface area contributed by atoms with Crippen molar-refractivity contribution in [1.29, 1.82) is 0 Å². The van der Waals surface area contributed by atoms with Crippen LogP contribution in [0.4, 0.5) is 0 Å². The van der Waals surface area contributed by atoms with E-state index >= 15 is 0 Å². The monoisotopic (exact) mass is 236 g/mol. The van der Waals surface area contributed by atoms with Crippen molar-refractivity contribution >= 4 is 0 Å². The van der Waals surface area contributed by atoms with E-state index in [1.165, 1.54) is 64.2 Å². The standard InChI is InChI=1S/C17H32/c1-14-4-6-15(7-5-14)8-9-16-10-12-17(2,3)13-11-16/h14-16H,4-13H2,1-3H3. The molecule has 2 saturated carbocycles. The fourth-order valence-corrected chi connectivity index (χ4v) is 3.84.